The second kappa shape index (κ2) is 4.12. The van der Waals surface area contributed by atoms with E-state index in [1.54, 1.807) is 14.1 Å². The van der Waals surface area contributed by atoms with Crippen molar-refractivity contribution in [1.82, 2.24) is 0 Å². The first kappa shape index (κ1) is 9.84. The fourth-order valence-electron chi connectivity index (χ4n) is 1.13. The summed E-state index contributed by atoms with van der Waals surface area (Å²) in [5.41, 5.74) is 4.04. The summed E-state index contributed by atoms with van der Waals surface area (Å²) in [6, 6.07) is 0. The normalized spacial score (nSPS) is 18.8. The van der Waals surface area contributed by atoms with Crippen molar-refractivity contribution in [2.24, 2.45) is 15.0 Å². The molecule has 0 fully saturated rings. The molecule has 0 aromatic heterocycles. The van der Waals surface area contributed by atoms with Crippen molar-refractivity contribution in [2.45, 2.75) is 20.3 Å². The summed E-state index contributed by atoms with van der Waals surface area (Å²) >= 11 is 0. The Morgan fingerprint density at radius 3 is 2.38 bits per heavy atom. The van der Waals surface area contributed by atoms with E-state index in [4.69, 9.17) is 0 Å². The molecule has 0 unspecified atom stereocenters. The summed E-state index contributed by atoms with van der Waals surface area (Å²) in [5.74, 6) is 0. The van der Waals surface area contributed by atoms with Gasteiger partial charge in [0.05, 0.1) is 22.8 Å². The standard InChI is InChI=1S/C10H15N3/c1-7(11-3)9-5-6-10(13-9)8(2)12-4/h5H,6H2,1-4H3. The zero-order chi connectivity index (χ0) is 9.84. The summed E-state index contributed by atoms with van der Waals surface area (Å²) in [6.07, 6.45) is 2.97. The average Bonchev–Trinajstić information content (AvgIpc) is 2.64. The molecule has 70 valence electrons. The molecule has 0 atom stereocenters. The number of hydrogen-bond donors (Lipinski definition) is 0. The molecule has 1 heterocycles. The van der Waals surface area contributed by atoms with E-state index in [1.165, 1.54) is 0 Å². The number of allylic oxidation sites excluding steroid dienone is 2. The van der Waals surface area contributed by atoms with Crippen molar-refractivity contribution < 1.29 is 0 Å². The molecular weight excluding hydrogens is 162 g/mol. The highest BCUT2D eigenvalue weighted by Gasteiger charge is 2.11. The topological polar surface area (TPSA) is 37.1 Å². The lowest BCUT2D eigenvalue weighted by Gasteiger charge is -1.97. The number of aliphatic imine (C=N–C) groups is 3. The number of hydrogen-bond acceptors (Lipinski definition) is 3. The zero-order valence-corrected chi connectivity index (χ0v) is 8.63. The molecule has 1 aliphatic heterocycles. The van der Waals surface area contributed by atoms with E-state index in [-0.39, 0.29) is 0 Å². The van der Waals surface area contributed by atoms with Gasteiger partial charge in [0.15, 0.2) is 0 Å². The lowest BCUT2D eigenvalue weighted by Crippen LogP contribution is -2.06. The predicted octanol–water partition coefficient (Wildman–Crippen LogP) is 1.90. The first-order chi connectivity index (χ1) is 6.19. The van der Waals surface area contributed by atoms with Crippen LogP contribution >= 0.6 is 0 Å². The van der Waals surface area contributed by atoms with Gasteiger partial charge in [-0.25, -0.2) is 4.99 Å². The molecule has 0 aromatic rings. The largest absolute Gasteiger partial charge is 0.291 e. The van der Waals surface area contributed by atoms with Crippen molar-refractivity contribution >= 4 is 17.1 Å². The lowest BCUT2D eigenvalue weighted by atomic mass is 10.2. The summed E-state index contributed by atoms with van der Waals surface area (Å²) in [4.78, 5) is 12.6. The number of rotatable bonds is 2. The Hall–Kier alpha value is -1.25. The van der Waals surface area contributed by atoms with Crippen LogP contribution in [0.15, 0.2) is 26.8 Å². The SMILES string of the molecule is CN=C(C)C1=CCC(C(C)=NC)=N1. The van der Waals surface area contributed by atoms with Crippen LogP contribution in [0.1, 0.15) is 20.3 Å². The zero-order valence-electron chi connectivity index (χ0n) is 8.63. The monoisotopic (exact) mass is 177 g/mol. The van der Waals surface area contributed by atoms with Crippen LogP contribution in [0, 0.1) is 0 Å². The Morgan fingerprint density at radius 2 is 1.85 bits per heavy atom. The minimum absolute atomic E-state index is 0.880. The van der Waals surface area contributed by atoms with Crippen LogP contribution in [0.3, 0.4) is 0 Å². The summed E-state index contributed by atoms with van der Waals surface area (Å²) < 4.78 is 0. The van der Waals surface area contributed by atoms with E-state index < -0.39 is 0 Å². The van der Waals surface area contributed by atoms with Gasteiger partial charge >= 0.3 is 0 Å². The maximum atomic E-state index is 4.45. The Morgan fingerprint density at radius 1 is 1.23 bits per heavy atom. The molecule has 0 saturated carbocycles. The van der Waals surface area contributed by atoms with E-state index in [9.17, 15) is 0 Å². The third-order valence-electron chi connectivity index (χ3n) is 2.20. The predicted molar refractivity (Wildman–Crippen MR) is 58.2 cm³/mol. The highest BCUT2D eigenvalue weighted by Crippen LogP contribution is 2.12. The van der Waals surface area contributed by atoms with Gasteiger partial charge in [-0.2, -0.15) is 0 Å². The molecule has 0 aromatic carbocycles. The van der Waals surface area contributed by atoms with E-state index in [0.717, 1.165) is 29.3 Å². The van der Waals surface area contributed by atoms with Crippen molar-refractivity contribution in [3.8, 4) is 0 Å². The Labute approximate surface area is 79.0 Å². The van der Waals surface area contributed by atoms with Gasteiger partial charge in [-0.15, -0.1) is 0 Å². The van der Waals surface area contributed by atoms with Gasteiger partial charge < -0.3 is 0 Å². The molecule has 1 rings (SSSR count). The smallest absolute Gasteiger partial charge is 0.0805 e. The van der Waals surface area contributed by atoms with Crippen LogP contribution in [0.5, 0.6) is 0 Å². The molecule has 3 heteroatoms. The fraction of sp³-hybridized carbons (Fsp3) is 0.500. The van der Waals surface area contributed by atoms with Crippen LogP contribution in [0.25, 0.3) is 0 Å². The van der Waals surface area contributed by atoms with Crippen molar-refractivity contribution in [3.63, 3.8) is 0 Å². The van der Waals surface area contributed by atoms with Gasteiger partial charge in [0, 0.05) is 20.5 Å². The van der Waals surface area contributed by atoms with Crippen LogP contribution in [0.2, 0.25) is 0 Å². The van der Waals surface area contributed by atoms with Crippen molar-refractivity contribution in [3.05, 3.63) is 11.8 Å². The van der Waals surface area contributed by atoms with Gasteiger partial charge in [0.25, 0.3) is 0 Å². The van der Waals surface area contributed by atoms with E-state index in [2.05, 4.69) is 21.1 Å². The Balaban J connectivity index is 2.83. The van der Waals surface area contributed by atoms with Gasteiger partial charge in [-0.3, -0.25) is 9.98 Å². The van der Waals surface area contributed by atoms with Gasteiger partial charge in [0.2, 0.25) is 0 Å². The van der Waals surface area contributed by atoms with Crippen LogP contribution < -0.4 is 0 Å². The molecule has 0 amide bonds. The highest BCUT2D eigenvalue weighted by atomic mass is 14.9. The van der Waals surface area contributed by atoms with E-state index in [0.29, 0.717) is 0 Å². The maximum absolute atomic E-state index is 4.45. The van der Waals surface area contributed by atoms with Gasteiger partial charge in [-0.05, 0) is 13.8 Å². The van der Waals surface area contributed by atoms with Gasteiger partial charge in [0.1, 0.15) is 0 Å². The van der Waals surface area contributed by atoms with E-state index >= 15 is 0 Å². The third-order valence-corrected chi connectivity index (χ3v) is 2.20. The molecule has 0 aliphatic carbocycles. The molecule has 0 spiro atoms. The first-order valence-electron chi connectivity index (χ1n) is 4.34. The molecular formula is C10H15N3. The van der Waals surface area contributed by atoms with Crippen LogP contribution in [-0.4, -0.2) is 31.2 Å². The van der Waals surface area contributed by atoms with Crippen LogP contribution in [0.4, 0.5) is 0 Å². The summed E-state index contributed by atoms with van der Waals surface area (Å²) in [6.45, 7) is 3.95. The average molecular weight is 177 g/mol. The first-order valence-corrected chi connectivity index (χ1v) is 4.34. The minimum Gasteiger partial charge on any atom is -0.291 e. The third kappa shape index (κ3) is 2.11. The molecule has 1 aliphatic rings. The fourth-order valence-corrected chi connectivity index (χ4v) is 1.13. The Bertz CT molecular complexity index is 319. The number of nitrogens with zero attached hydrogens (tertiary/aromatic N) is 3. The molecule has 0 bridgehead atoms. The molecule has 13 heavy (non-hydrogen) atoms. The van der Waals surface area contributed by atoms with E-state index in [1.807, 2.05) is 13.8 Å². The van der Waals surface area contributed by atoms with Crippen molar-refractivity contribution in [2.75, 3.05) is 14.1 Å². The Kier molecular flexibility index (Phi) is 3.12. The summed E-state index contributed by atoms with van der Waals surface area (Å²) in [7, 11) is 3.57. The second-order valence-electron chi connectivity index (χ2n) is 2.97. The molecule has 0 radical (unpaired) electrons. The lowest BCUT2D eigenvalue weighted by molar-refractivity contribution is 1.37. The molecule has 0 saturated heterocycles. The second-order valence-corrected chi connectivity index (χ2v) is 2.97. The quantitative estimate of drug-likeness (QED) is 0.578. The molecule has 0 N–H and O–H groups in total. The van der Waals surface area contributed by atoms with Gasteiger partial charge in [-0.1, -0.05) is 6.08 Å². The minimum atomic E-state index is 0.880. The molecule has 3 nitrogen and oxygen atoms in total. The maximum Gasteiger partial charge on any atom is 0.0805 e. The van der Waals surface area contributed by atoms with Crippen LogP contribution in [-0.2, 0) is 0 Å². The summed E-state index contributed by atoms with van der Waals surface area (Å²) in [5, 5.41) is 0. The van der Waals surface area contributed by atoms with Crippen molar-refractivity contribution in [1.29, 1.82) is 0 Å². The highest BCUT2D eigenvalue weighted by molar-refractivity contribution is 6.43.